The predicted octanol–water partition coefficient (Wildman–Crippen LogP) is 2.22. The van der Waals surface area contributed by atoms with Crippen molar-refractivity contribution in [2.24, 2.45) is 0 Å². The number of carbonyl (C=O) groups is 1. The summed E-state index contributed by atoms with van der Waals surface area (Å²) >= 11 is 0. The molecule has 0 bridgehead atoms. The van der Waals surface area contributed by atoms with Crippen molar-refractivity contribution in [2.45, 2.75) is 20.0 Å². The van der Waals surface area contributed by atoms with E-state index in [-0.39, 0.29) is 5.69 Å². The van der Waals surface area contributed by atoms with Gasteiger partial charge in [0.25, 0.3) is 0 Å². The van der Waals surface area contributed by atoms with Crippen LogP contribution in [0.2, 0.25) is 0 Å². The van der Waals surface area contributed by atoms with Gasteiger partial charge in [-0.1, -0.05) is 12.1 Å². The van der Waals surface area contributed by atoms with Crippen LogP contribution in [-0.4, -0.2) is 28.0 Å². The van der Waals surface area contributed by atoms with Crippen molar-refractivity contribution in [2.75, 3.05) is 12.4 Å². The van der Waals surface area contributed by atoms with Crippen molar-refractivity contribution in [3.05, 3.63) is 41.7 Å². The molecule has 0 fully saturated rings. The fourth-order valence-electron chi connectivity index (χ4n) is 1.92. The topological polar surface area (TPSA) is 76.4 Å². The van der Waals surface area contributed by atoms with Gasteiger partial charge in [-0.2, -0.15) is 5.10 Å². The van der Waals surface area contributed by atoms with Crippen LogP contribution in [0.1, 0.15) is 23.0 Å². The van der Waals surface area contributed by atoms with E-state index in [9.17, 15) is 9.90 Å². The fourth-order valence-corrected chi connectivity index (χ4v) is 1.92. The minimum absolute atomic E-state index is 0.181. The number of rotatable bonds is 6. The van der Waals surface area contributed by atoms with Gasteiger partial charge in [-0.15, -0.1) is 0 Å². The molecule has 6 heteroatoms. The van der Waals surface area contributed by atoms with Crippen LogP contribution < -0.4 is 10.1 Å². The Morgan fingerprint density at radius 2 is 2.10 bits per heavy atom. The van der Waals surface area contributed by atoms with Gasteiger partial charge in [0, 0.05) is 13.1 Å². The second-order valence-corrected chi connectivity index (χ2v) is 4.23. The second kappa shape index (κ2) is 6.10. The Hall–Kier alpha value is -2.50. The van der Waals surface area contributed by atoms with Crippen molar-refractivity contribution in [1.82, 2.24) is 9.78 Å². The lowest BCUT2D eigenvalue weighted by Gasteiger charge is -2.07. The SMILES string of the molecule is CCn1ncc(NCc2ccc(OC)cc2)c1C(=O)O. The summed E-state index contributed by atoms with van der Waals surface area (Å²) in [5.74, 6) is -0.194. The molecule has 0 saturated heterocycles. The lowest BCUT2D eigenvalue weighted by molar-refractivity contribution is 0.0684. The van der Waals surface area contributed by atoms with Gasteiger partial charge in [-0.3, -0.25) is 4.68 Å². The monoisotopic (exact) mass is 275 g/mol. The molecule has 0 amide bonds. The zero-order valence-electron chi connectivity index (χ0n) is 11.5. The lowest BCUT2D eigenvalue weighted by atomic mass is 10.2. The van der Waals surface area contributed by atoms with E-state index in [1.54, 1.807) is 7.11 Å². The minimum atomic E-state index is -0.985. The summed E-state index contributed by atoms with van der Waals surface area (Å²) in [4.78, 5) is 11.2. The van der Waals surface area contributed by atoms with Gasteiger partial charge in [-0.05, 0) is 24.6 Å². The first-order valence-corrected chi connectivity index (χ1v) is 6.31. The van der Waals surface area contributed by atoms with Gasteiger partial charge in [0.15, 0.2) is 5.69 Å². The number of ether oxygens (including phenoxy) is 1. The number of aromatic nitrogens is 2. The molecule has 0 radical (unpaired) electrons. The summed E-state index contributed by atoms with van der Waals surface area (Å²) in [6, 6.07) is 7.59. The van der Waals surface area contributed by atoms with E-state index in [0.717, 1.165) is 11.3 Å². The molecule has 1 aromatic heterocycles. The Labute approximate surface area is 117 Å². The van der Waals surface area contributed by atoms with Crippen LogP contribution >= 0.6 is 0 Å². The third kappa shape index (κ3) is 2.90. The number of benzene rings is 1. The molecule has 2 rings (SSSR count). The Bertz CT molecular complexity index is 590. The number of methoxy groups -OCH3 is 1. The summed E-state index contributed by atoms with van der Waals surface area (Å²) < 4.78 is 6.55. The van der Waals surface area contributed by atoms with Gasteiger partial charge in [0.05, 0.1) is 19.0 Å². The summed E-state index contributed by atoms with van der Waals surface area (Å²) in [5.41, 5.74) is 1.74. The largest absolute Gasteiger partial charge is 0.497 e. The Balaban J connectivity index is 2.10. The van der Waals surface area contributed by atoms with E-state index in [0.29, 0.717) is 18.8 Å². The number of carboxylic acids is 1. The molecule has 0 saturated carbocycles. The number of hydrogen-bond donors (Lipinski definition) is 2. The molecular formula is C14H17N3O3. The van der Waals surface area contributed by atoms with E-state index in [1.807, 2.05) is 31.2 Å². The van der Waals surface area contributed by atoms with Crippen LogP contribution in [-0.2, 0) is 13.1 Å². The first-order chi connectivity index (χ1) is 9.65. The first kappa shape index (κ1) is 13.9. The Kier molecular flexibility index (Phi) is 4.24. The maximum atomic E-state index is 11.2. The summed E-state index contributed by atoms with van der Waals surface area (Å²) in [7, 11) is 1.62. The van der Waals surface area contributed by atoms with Crippen molar-refractivity contribution in [1.29, 1.82) is 0 Å². The van der Waals surface area contributed by atoms with Crippen LogP contribution in [0, 0.1) is 0 Å². The van der Waals surface area contributed by atoms with Crippen LogP contribution in [0.15, 0.2) is 30.5 Å². The quantitative estimate of drug-likeness (QED) is 0.845. The lowest BCUT2D eigenvalue weighted by Crippen LogP contribution is -2.11. The van der Waals surface area contributed by atoms with Gasteiger partial charge in [0.2, 0.25) is 0 Å². The summed E-state index contributed by atoms with van der Waals surface area (Å²) in [5, 5.41) is 16.4. The summed E-state index contributed by atoms with van der Waals surface area (Å²) in [6.45, 7) is 2.90. The average molecular weight is 275 g/mol. The zero-order valence-corrected chi connectivity index (χ0v) is 11.5. The first-order valence-electron chi connectivity index (χ1n) is 6.31. The fraction of sp³-hybridized carbons (Fsp3) is 0.286. The third-order valence-electron chi connectivity index (χ3n) is 2.98. The molecule has 0 aliphatic rings. The predicted molar refractivity (Wildman–Crippen MR) is 75.2 cm³/mol. The number of nitrogens with one attached hydrogen (secondary N) is 1. The molecular weight excluding hydrogens is 258 g/mol. The number of aryl methyl sites for hydroxylation is 1. The van der Waals surface area contributed by atoms with Gasteiger partial charge >= 0.3 is 5.97 Å². The number of nitrogens with zero attached hydrogens (tertiary/aromatic N) is 2. The number of carboxylic acid groups (broad SMARTS) is 1. The maximum absolute atomic E-state index is 11.2. The van der Waals surface area contributed by atoms with Gasteiger partial charge in [-0.25, -0.2) is 4.79 Å². The molecule has 0 unspecified atom stereocenters. The molecule has 0 aliphatic carbocycles. The van der Waals surface area contributed by atoms with Crippen molar-refractivity contribution >= 4 is 11.7 Å². The van der Waals surface area contributed by atoms with E-state index < -0.39 is 5.97 Å². The Morgan fingerprint density at radius 3 is 2.65 bits per heavy atom. The van der Waals surface area contributed by atoms with Crippen molar-refractivity contribution in [3.63, 3.8) is 0 Å². The van der Waals surface area contributed by atoms with Gasteiger partial charge in [0.1, 0.15) is 5.75 Å². The molecule has 2 N–H and O–H groups in total. The normalized spacial score (nSPS) is 10.3. The highest BCUT2D eigenvalue weighted by Gasteiger charge is 2.16. The minimum Gasteiger partial charge on any atom is -0.497 e. The van der Waals surface area contributed by atoms with E-state index >= 15 is 0 Å². The molecule has 0 spiro atoms. The molecule has 0 aliphatic heterocycles. The standard InChI is InChI=1S/C14H17N3O3/c1-3-17-13(14(18)19)12(9-16-17)15-8-10-4-6-11(20-2)7-5-10/h4-7,9,15H,3,8H2,1-2H3,(H,18,19). The second-order valence-electron chi connectivity index (χ2n) is 4.23. The molecule has 1 heterocycles. The number of aromatic carboxylic acids is 1. The maximum Gasteiger partial charge on any atom is 0.356 e. The molecule has 6 nitrogen and oxygen atoms in total. The highest BCUT2D eigenvalue weighted by atomic mass is 16.5. The van der Waals surface area contributed by atoms with E-state index in [1.165, 1.54) is 10.9 Å². The van der Waals surface area contributed by atoms with Gasteiger partial charge < -0.3 is 15.2 Å². The third-order valence-corrected chi connectivity index (χ3v) is 2.98. The molecule has 2 aromatic rings. The Morgan fingerprint density at radius 1 is 1.40 bits per heavy atom. The van der Waals surface area contributed by atoms with E-state index in [2.05, 4.69) is 10.4 Å². The van der Waals surface area contributed by atoms with Crippen molar-refractivity contribution in [3.8, 4) is 5.75 Å². The molecule has 20 heavy (non-hydrogen) atoms. The molecule has 0 atom stereocenters. The molecule has 106 valence electrons. The zero-order chi connectivity index (χ0) is 14.5. The van der Waals surface area contributed by atoms with E-state index in [4.69, 9.17) is 4.74 Å². The van der Waals surface area contributed by atoms with Crippen LogP contribution in [0.5, 0.6) is 5.75 Å². The van der Waals surface area contributed by atoms with Crippen molar-refractivity contribution < 1.29 is 14.6 Å². The summed E-state index contributed by atoms with van der Waals surface area (Å²) in [6.07, 6.45) is 1.54. The molecule has 1 aromatic carbocycles. The average Bonchev–Trinajstić information content (AvgIpc) is 2.88. The smallest absolute Gasteiger partial charge is 0.356 e. The van der Waals surface area contributed by atoms with Crippen LogP contribution in [0.3, 0.4) is 0 Å². The van der Waals surface area contributed by atoms with Crippen LogP contribution in [0.25, 0.3) is 0 Å². The van der Waals surface area contributed by atoms with Crippen LogP contribution in [0.4, 0.5) is 5.69 Å². The highest BCUT2D eigenvalue weighted by Crippen LogP contribution is 2.17. The highest BCUT2D eigenvalue weighted by molar-refractivity contribution is 5.92. The number of anilines is 1. The number of hydrogen-bond acceptors (Lipinski definition) is 4.